The number of Topliss-reactive ketones (excluding diaryl/α,β-unsaturated/α-hetero) is 1. The lowest BCUT2D eigenvalue weighted by Gasteiger charge is -2.14. The molecule has 0 spiro atoms. The first-order chi connectivity index (χ1) is 14.8. The number of carbonyl (C=O) groups is 3. The summed E-state index contributed by atoms with van der Waals surface area (Å²) in [5.74, 6) is -1.09. The maximum atomic E-state index is 12.7. The molecular weight excluding hydrogens is 418 g/mol. The first-order valence-electron chi connectivity index (χ1n) is 9.30. The van der Waals surface area contributed by atoms with Gasteiger partial charge in [0.25, 0.3) is 21.8 Å². The van der Waals surface area contributed by atoms with Gasteiger partial charge in [-0.25, -0.2) is 8.42 Å². The number of amides is 2. The molecular formula is C22H17N3O5S. The predicted octanol–water partition coefficient (Wildman–Crippen LogP) is 2.88. The van der Waals surface area contributed by atoms with E-state index in [1.807, 2.05) is 0 Å². The monoisotopic (exact) mass is 435 g/mol. The van der Waals surface area contributed by atoms with Gasteiger partial charge in [-0.2, -0.15) is 0 Å². The van der Waals surface area contributed by atoms with E-state index >= 15 is 0 Å². The summed E-state index contributed by atoms with van der Waals surface area (Å²) in [5.41, 5.74) is 1.63. The van der Waals surface area contributed by atoms with E-state index in [4.69, 9.17) is 0 Å². The van der Waals surface area contributed by atoms with Crippen LogP contribution in [0.15, 0.2) is 71.8 Å². The van der Waals surface area contributed by atoms with Crippen LogP contribution in [0.1, 0.15) is 43.7 Å². The van der Waals surface area contributed by atoms with Crippen LogP contribution < -0.4 is 4.72 Å². The highest BCUT2D eigenvalue weighted by molar-refractivity contribution is 7.92. The first-order valence-corrected chi connectivity index (χ1v) is 10.8. The van der Waals surface area contributed by atoms with E-state index in [0.29, 0.717) is 11.1 Å². The molecule has 0 saturated carbocycles. The molecule has 0 fully saturated rings. The van der Waals surface area contributed by atoms with Gasteiger partial charge in [0, 0.05) is 17.4 Å². The molecule has 0 radical (unpaired) electrons. The van der Waals surface area contributed by atoms with Crippen molar-refractivity contribution in [3.8, 4) is 0 Å². The number of pyridine rings is 1. The van der Waals surface area contributed by atoms with Crippen LogP contribution in [0, 0.1) is 0 Å². The number of ketones is 1. The average Bonchev–Trinajstić information content (AvgIpc) is 2.99. The van der Waals surface area contributed by atoms with Gasteiger partial charge < -0.3 is 0 Å². The topological polar surface area (TPSA) is 114 Å². The molecule has 8 nitrogen and oxygen atoms in total. The van der Waals surface area contributed by atoms with E-state index < -0.39 is 21.8 Å². The van der Waals surface area contributed by atoms with E-state index in [0.717, 1.165) is 4.90 Å². The molecule has 2 amide bonds. The maximum Gasteiger partial charge on any atom is 0.280 e. The standard InChI is InChI=1S/C22H17N3O5S/c1-14(26)16-4-2-5-17(12-16)24-31(29,30)18-9-7-15(8-10-18)13-25-21(27)19-6-3-11-23-20(19)22(25)28/h2-12,24H,13H2,1H3. The SMILES string of the molecule is CC(=O)c1cccc(NS(=O)(=O)c2ccc(CN3C(=O)c4cccnc4C3=O)cc2)c1. The van der Waals surface area contributed by atoms with Gasteiger partial charge in [0.2, 0.25) is 0 Å². The smallest absolute Gasteiger partial charge is 0.280 e. The number of aromatic nitrogens is 1. The molecule has 0 aliphatic carbocycles. The van der Waals surface area contributed by atoms with Gasteiger partial charge in [-0.1, -0.05) is 24.3 Å². The second-order valence-electron chi connectivity index (χ2n) is 6.98. The van der Waals surface area contributed by atoms with Crippen molar-refractivity contribution in [2.24, 2.45) is 0 Å². The number of rotatable bonds is 6. The summed E-state index contributed by atoms with van der Waals surface area (Å²) < 4.78 is 27.8. The van der Waals surface area contributed by atoms with Crippen molar-refractivity contribution in [1.29, 1.82) is 0 Å². The number of fused-ring (bicyclic) bond motifs is 1. The van der Waals surface area contributed by atoms with Gasteiger partial charge in [0.1, 0.15) is 5.69 Å². The van der Waals surface area contributed by atoms with E-state index in [1.54, 1.807) is 30.3 Å². The van der Waals surface area contributed by atoms with E-state index in [2.05, 4.69) is 9.71 Å². The molecule has 2 heterocycles. The summed E-state index contributed by atoms with van der Waals surface area (Å²) in [5, 5.41) is 0. The zero-order valence-corrected chi connectivity index (χ0v) is 17.2. The highest BCUT2D eigenvalue weighted by atomic mass is 32.2. The third-order valence-corrected chi connectivity index (χ3v) is 6.22. The van der Waals surface area contributed by atoms with Crippen molar-refractivity contribution in [3.63, 3.8) is 0 Å². The van der Waals surface area contributed by atoms with E-state index in [-0.39, 0.29) is 34.2 Å². The Kier molecular flexibility index (Phi) is 5.12. The number of nitrogens with one attached hydrogen (secondary N) is 1. The predicted molar refractivity (Wildman–Crippen MR) is 112 cm³/mol. The van der Waals surface area contributed by atoms with E-state index in [1.165, 1.54) is 43.5 Å². The number of imide groups is 1. The van der Waals surface area contributed by atoms with Crippen molar-refractivity contribution in [3.05, 3.63) is 89.2 Å². The third-order valence-electron chi connectivity index (χ3n) is 4.83. The summed E-state index contributed by atoms with van der Waals surface area (Å²) >= 11 is 0. The Morgan fingerprint density at radius 2 is 1.74 bits per heavy atom. The quantitative estimate of drug-likeness (QED) is 0.470. The molecule has 0 bridgehead atoms. The molecule has 9 heteroatoms. The number of anilines is 1. The fourth-order valence-corrected chi connectivity index (χ4v) is 4.28. The van der Waals surface area contributed by atoms with Gasteiger partial charge in [0.05, 0.1) is 17.0 Å². The molecule has 156 valence electrons. The van der Waals surface area contributed by atoms with Crippen molar-refractivity contribution < 1.29 is 22.8 Å². The minimum Gasteiger partial charge on any atom is -0.295 e. The van der Waals surface area contributed by atoms with Gasteiger partial charge in [-0.15, -0.1) is 0 Å². The molecule has 1 aliphatic heterocycles. The average molecular weight is 435 g/mol. The van der Waals surface area contributed by atoms with Crippen LogP contribution in [-0.4, -0.2) is 35.9 Å². The zero-order valence-electron chi connectivity index (χ0n) is 16.4. The highest BCUT2D eigenvalue weighted by Crippen LogP contribution is 2.23. The Labute approximate surface area is 178 Å². The first kappa shape index (κ1) is 20.4. The Hall–Kier alpha value is -3.85. The van der Waals surface area contributed by atoms with Crippen molar-refractivity contribution in [2.75, 3.05) is 4.72 Å². The van der Waals surface area contributed by atoms with Crippen LogP contribution in [0.5, 0.6) is 0 Å². The summed E-state index contributed by atoms with van der Waals surface area (Å²) in [7, 11) is -3.88. The third kappa shape index (κ3) is 3.95. The van der Waals surface area contributed by atoms with Crippen molar-refractivity contribution in [2.45, 2.75) is 18.4 Å². The molecule has 0 saturated heterocycles. The lowest BCUT2D eigenvalue weighted by atomic mass is 10.1. The van der Waals surface area contributed by atoms with Gasteiger partial charge >= 0.3 is 0 Å². The minimum absolute atomic E-state index is 0.00242. The fraction of sp³-hybridized carbons (Fsp3) is 0.0909. The van der Waals surface area contributed by atoms with Crippen LogP contribution in [0.4, 0.5) is 5.69 Å². The molecule has 1 aromatic heterocycles. The molecule has 1 aliphatic rings. The number of sulfonamides is 1. The van der Waals surface area contributed by atoms with Crippen LogP contribution in [-0.2, 0) is 16.6 Å². The molecule has 2 aromatic carbocycles. The largest absolute Gasteiger partial charge is 0.295 e. The summed E-state index contributed by atoms with van der Waals surface area (Å²) in [4.78, 5) is 41.4. The second kappa shape index (κ2) is 7.77. The van der Waals surface area contributed by atoms with Crippen molar-refractivity contribution in [1.82, 2.24) is 9.88 Å². The van der Waals surface area contributed by atoms with Gasteiger partial charge in [-0.3, -0.25) is 29.0 Å². The molecule has 1 N–H and O–H groups in total. The molecule has 4 rings (SSSR count). The zero-order chi connectivity index (χ0) is 22.2. The molecule has 0 atom stereocenters. The van der Waals surface area contributed by atoms with Crippen LogP contribution >= 0.6 is 0 Å². The Morgan fingerprint density at radius 3 is 2.42 bits per heavy atom. The Balaban J connectivity index is 1.51. The second-order valence-corrected chi connectivity index (χ2v) is 8.66. The molecule has 31 heavy (non-hydrogen) atoms. The van der Waals surface area contributed by atoms with E-state index in [9.17, 15) is 22.8 Å². The summed E-state index contributed by atoms with van der Waals surface area (Å²) in [6.07, 6.45) is 1.45. The molecule has 3 aromatic rings. The number of carbonyl (C=O) groups excluding carboxylic acids is 3. The summed E-state index contributed by atoms with van der Waals surface area (Å²) in [6.45, 7) is 1.40. The summed E-state index contributed by atoms with van der Waals surface area (Å²) in [6, 6.07) is 15.2. The number of hydrogen-bond donors (Lipinski definition) is 1. The number of nitrogens with zero attached hydrogens (tertiary/aromatic N) is 2. The Morgan fingerprint density at radius 1 is 1.00 bits per heavy atom. The lowest BCUT2D eigenvalue weighted by Crippen LogP contribution is -2.29. The normalized spacial score (nSPS) is 13.3. The van der Waals surface area contributed by atoms with Crippen LogP contribution in [0.25, 0.3) is 0 Å². The molecule has 0 unspecified atom stereocenters. The maximum absolute atomic E-state index is 12.7. The minimum atomic E-state index is -3.88. The highest BCUT2D eigenvalue weighted by Gasteiger charge is 2.36. The number of hydrogen-bond acceptors (Lipinski definition) is 6. The fourth-order valence-electron chi connectivity index (χ4n) is 3.23. The number of benzene rings is 2. The Bertz CT molecular complexity index is 1280. The van der Waals surface area contributed by atoms with Crippen LogP contribution in [0.3, 0.4) is 0 Å². The van der Waals surface area contributed by atoms with Gasteiger partial charge in [-0.05, 0) is 48.9 Å². The van der Waals surface area contributed by atoms with Crippen LogP contribution in [0.2, 0.25) is 0 Å². The van der Waals surface area contributed by atoms with Gasteiger partial charge in [0.15, 0.2) is 5.78 Å². The van der Waals surface area contributed by atoms with Crippen molar-refractivity contribution >= 4 is 33.3 Å². The lowest BCUT2D eigenvalue weighted by molar-refractivity contribution is 0.0640.